The van der Waals surface area contributed by atoms with Crippen molar-refractivity contribution in [2.75, 3.05) is 35.6 Å². The lowest BCUT2D eigenvalue weighted by Crippen LogP contribution is -2.41. The van der Waals surface area contributed by atoms with Gasteiger partial charge in [0.05, 0.1) is 10.6 Å². The third-order valence-electron chi connectivity index (χ3n) is 6.28. The zero-order chi connectivity index (χ0) is 23.8. The predicted octanol–water partition coefficient (Wildman–Crippen LogP) is 3.80. The molecule has 176 valence electrons. The van der Waals surface area contributed by atoms with Crippen molar-refractivity contribution in [1.29, 1.82) is 0 Å². The number of sulfonamides is 1. The van der Waals surface area contributed by atoms with Gasteiger partial charge in [0.25, 0.3) is 0 Å². The summed E-state index contributed by atoms with van der Waals surface area (Å²) in [6.07, 6.45) is 1.70. The minimum atomic E-state index is -3.64. The van der Waals surface area contributed by atoms with Gasteiger partial charge in [-0.1, -0.05) is 19.1 Å². The van der Waals surface area contributed by atoms with Crippen molar-refractivity contribution in [3.63, 3.8) is 0 Å². The lowest BCUT2D eigenvalue weighted by molar-refractivity contribution is -0.123. The van der Waals surface area contributed by atoms with Crippen molar-refractivity contribution in [2.45, 2.75) is 43.4 Å². The van der Waals surface area contributed by atoms with Crippen LogP contribution < -0.4 is 10.2 Å². The van der Waals surface area contributed by atoms with Crippen LogP contribution in [-0.4, -0.2) is 49.9 Å². The molecule has 2 heterocycles. The molecule has 33 heavy (non-hydrogen) atoms. The zero-order valence-corrected chi connectivity index (χ0v) is 20.8. The van der Waals surface area contributed by atoms with E-state index < -0.39 is 10.0 Å². The molecule has 0 radical (unpaired) electrons. The Morgan fingerprint density at radius 3 is 2.61 bits per heavy atom. The Morgan fingerprint density at radius 1 is 1.15 bits per heavy atom. The number of carbonyl (C=O) groups excluding carboxylic acids is 2. The van der Waals surface area contributed by atoms with Crippen molar-refractivity contribution < 1.29 is 18.0 Å². The van der Waals surface area contributed by atoms with Gasteiger partial charge in [0, 0.05) is 35.3 Å². The number of nitrogens with zero attached hydrogens (tertiary/aromatic N) is 2. The molecule has 2 aliphatic rings. The number of hydrogen-bond donors (Lipinski definition) is 1. The molecule has 1 saturated heterocycles. The first-order valence-corrected chi connectivity index (χ1v) is 13.6. The highest BCUT2D eigenvalue weighted by Gasteiger charge is 2.33. The van der Waals surface area contributed by atoms with E-state index >= 15 is 0 Å². The van der Waals surface area contributed by atoms with Gasteiger partial charge in [-0.25, -0.2) is 8.42 Å². The number of fused-ring (bicyclic) bond motifs is 1. The summed E-state index contributed by atoms with van der Waals surface area (Å²) in [4.78, 5) is 28.6. The molecule has 2 amide bonds. The van der Waals surface area contributed by atoms with Crippen LogP contribution in [0.25, 0.3) is 0 Å². The van der Waals surface area contributed by atoms with Crippen LogP contribution in [0.5, 0.6) is 0 Å². The number of benzene rings is 2. The molecule has 1 atom stereocenters. The summed E-state index contributed by atoms with van der Waals surface area (Å²) < 4.78 is 27.7. The highest BCUT2D eigenvalue weighted by molar-refractivity contribution is 7.99. The maximum absolute atomic E-state index is 13.2. The summed E-state index contributed by atoms with van der Waals surface area (Å²) in [6, 6.07) is 10.6. The van der Waals surface area contributed by atoms with E-state index in [0.717, 1.165) is 28.9 Å². The Bertz CT molecular complexity index is 1190. The molecule has 0 aromatic heterocycles. The SMILES string of the molecule is Cc1cccc(NC(=O)CN2C(=O)[C@@H](C)CSc3ccc(S(=O)(=O)N4CCCC4)cc32)c1C. The maximum atomic E-state index is 13.2. The fourth-order valence-electron chi connectivity index (χ4n) is 4.12. The summed E-state index contributed by atoms with van der Waals surface area (Å²) in [7, 11) is -3.64. The van der Waals surface area contributed by atoms with Crippen molar-refractivity contribution in [3.8, 4) is 0 Å². The number of aryl methyl sites for hydroxylation is 1. The average Bonchev–Trinajstić information content (AvgIpc) is 3.31. The van der Waals surface area contributed by atoms with E-state index in [4.69, 9.17) is 0 Å². The Morgan fingerprint density at radius 2 is 1.88 bits per heavy atom. The topological polar surface area (TPSA) is 86.8 Å². The molecule has 2 aromatic carbocycles. The van der Waals surface area contributed by atoms with Crippen LogP contribution in [0.4, 0.5) is 11.4 Å². The lowest BCUT2D eigenvalue weighted by atomic mass is 10.1. The van der Waals surface area contributed by atoms with Crippen molar-refractivity contribution in [3.05, 3.63) is 47.5 Å². The minimum absolute atomic E-state index is 0.158. The first-order valence-electron chi connectivity index (χ1n) is 11.1. The molecule has 0 spiro atoms. The van der Waals surface area contributed by atoms with Gasteiger partial charge in [0.2, 0.25) is 21.8 Å². The van der Waals surface area contributed by atoms with Gasteiger partial charge in [-0.3, -0.25) is 9.59 Å². The van der Waals surface area contributed by atoms with Crippen LogP contribution in [0.1, 0.15) is 30.9 Å². The van der Waals surface area contributed by atoms with E-state index in [-0.39, 0.29) is 29.2 Å². The summed E-state index contributed by atoms with van der Waals surface area (Å²) >= 11 is 1.51. The van der Waals surface area contributed by atoms with E-state index in [1.54, 1.807) is 18.2 Å². The number of thioether (sulfide) groups is 1. The molecule has 7 nitrogen and oxygen atoms in total. The predicted molar refractivity (Wildman–Crippen MR) is 131 cm³/mol. The van der Waals surface area contributed by atoms with Gasteiger partial charge in [-0.15, -0.1) is 11.8 Å². The first-order chi connectivity index (χ1) is 15.7. The van der Waals surface area contributed by atoms with Gasteiger partial charge in [-0.05, 0) is 62.1 Å². The fourth-order valence-corrected chi connectivity index (χ4v) is 6.71. The quantitative estimate of drug-likeness (QED) is 0.693. The fraction of sp³-hybridized carbons (Fsp3) is 0.417. The molecular weight excluding hydrogens is 458 g/mol. The minimum Gasteiger partial charge on any atom is -0.324 e. The summed E-state index contributed by atoms with van der Waals surface area (Å²) in [5.74, 6) is -0.239. The molecule has 2 aromatic rings. The third-order valence-corrected chi connectivity index (χ3v) is 9.50. The Labute approximate surface area is 199 Å². The van der Waals surface area contributed by atoms with Crippen LogP contribution in [0, 0.1) is 19.8 Å². The third kappa shape index (κ3) is 4.81. The smallest absolute Gasteiger partial charge is 0.244 e. The normalized spacial score (nSPS) is 19.3. The average molecular weight is 488 g/mol. The molecule has 0 bridgehead atoms. The molecule has 0 saturated carbocycles. The highest BCUT2D eigenvalue weighted by Crippen LogP contribution is 2.38. The van der Waals surface area contributed by atoms with E-state index in [1.807, 2.05) is 39.0 Å². The Kier molecular flexibility index (Phi) is 6.83. The number of carbonyl (C=O) groups is 2. The molecule has 0 unspecified atom stereocenters. The van der Waals surface area contributed by atoms with Crippen molar-refractivity contribution in [1.82, 2.24) is 4.31 Å². The first kappa shape index (κ1) is 23.8. The van der Waals surface area contributed by atoms with E-state index in [9.17, 15) is 18.0 Å². The largest absolute Gasteiger partial charge is 0.324 e. The second-order valence-electron chi connectivity index (χ2n) is 8.67. The van der Waals surface area contributed by atoms with Crippen molar-refractivity contribution in [2.24, 2.45) is 5.92 Å². The lowest BCUT2D eigenvalue weighted by Gasteiger charge is -2.25. The van der Waals surface area contributed by atoms with E-state index in [0.29, 0.717) is 30.2 Å². The number of anilines is 2. The van der Waals surface area contributed by atoms with E-state index in [1.165, 1.54) is 21.0 Å². The van der Waals surface area contributed by atoms with Crippen LogP contribution >= 0.6 is 11.8 Å². The molecule has 0 aliphatic carbocycles. The summed E-state index contributed by atoms with van der Waals surface area (Å²) in [6.45, 7) is 6.57. The van der Waals surface area contributed by atoms with E-state index in [2.05, 4.69) is 5.32 Å². The highest BCUT2D eigenvalue weighted by atomic mass is 32.2. The maximum Gasteiger partial charge on any atom is 0.244 e. The van der Waals surface area contributed by atoms with Crippen LogP contribution in [0.3, 0.4) is 0 Å². The second-order valence-corrected chi connectivity index (χ2v) is 11.7. The summed E-state index contributed by atoms with van der Waals surface area (Å²) in [5, 5.41) is 2.91. The van der Waals surface area contributed by atoms with Crippen molar-refractivity contribution >= 4 is 45.0 Å². The number of hydrogen-bond acceptors (Lipinski definition) is 5. The molecule has 2 aliphatic heterocycles. The molecule has 4 rings (SSSR count). The molecular formula is C24H29N3O4S2. The number of amides is 2. The molecule has 9 heteroatoms. The van der Waals surface area contributed by atoms with Crippen LogP contribution in [0.15, 0.2) is 46.2 Å². The second kappa shape index (κ2) is 9.48. The van der Waals surface area contributed by atoms with Gasteiger partial charge in [0.15, 0.2) is 0 Å². The standard InChI is InChI=1S/C24H29N3O4S2/c1-16-7-6-8-20(18(16)3)25-23(28)14-27-21-13-19(33(30,31)26-11-4-5-12-26)9-10-22(21)32-15-17(2)24(27)29/h6-10,13,17H,4-5,11-12,14-15H2,1-3H3,(H,25,28)/t17-/m0/s1. The number of nitrogens with one attached hydrogen (secondary N) is 1. The van der Waals surface area contributed by atoms with Gasteiger partial charge < -0.3 is 10.2 Å². The number of rotatable bonds is 5. The van der Waals surface area contributed by atoms with Gasteiger partial charge in [-0.2, -0.15) is 4.31 Å². The molecule has 1 fully saturated rings. The van der Waals surface area contributed by atoms with Gasteiger partial charge in [0.1, 0.15) is 6.54 Å². The monoisotopic (exact) mass is 487 g/mol. The van der Waals surface area contributed by atoms with Crippen LogP contribution in [-0.2, 0) is 19.6 Å². The Hall–Kier alpha value is -2.36. The Balaban J connectivity index is 1.66. The zero-order valence-electron chi connectivity index (χ0n) is 19.1. The van der Waals surface area contributed by atoms with Crippen LogP contribution in [0.2, 0.25) is 0 Å². The van der Waals surface area contributed by atoms with Gasteiger partial charge >= 0.3 is 0 Å². The summed E-state index contributed by atoms with van der Waals surface area (Å²) in [5.41, 5.74) is 3.21. The molecule has 1 N–H and O–H groups in total.